The molecule has 0 bridgehead atoms. The monoisotopic (exact) mass is 494 g/mol. The van der Waals surface area contributed by atoms with Gasteiger partial charge in [0.05, 0.1) is 6.04 Å². The van der Waals surface area contributed by atoms with Crippen molar-refractivity contribution in [2.24, 2.45) is 5.73 Å². The van der Waals surface area contributed by atoms with Crippen molar-refractivity contribution in [2.45, 2.75) is 122 Å². The lowest BCUT2D eigenvalue weighted by molar-refractivity contribution is -0.142. The van der Waals surface area contributed by atoms with E-state index < -0.39 is 47.4 Å². The average molecular weight is 495 g/mol. The van der Waals surface area contributed by atoms with E-state index in [-0.39, 0.29) is 5.91 Å². The molecule has 0 aliphatic carbocycles. The van der Waals surface area contributed by atoms with Crippen LogP contribution in [0.25, 0.3) is 0 Å². The number of Topliss-reactive ketones (excluding diaryl/α,β-unsaturated/α-hetero) is 1. The molecule has 0 aromatic heterocycles. The molecule has 0 aromatic carbocycles. The molecule has 0 aromatic rings. The summed E-state index contributed by atoms with van der Waals surface area (Å²) in [5, 5.41) is 5.38. The molecule has 3 atom stereocenters. The first-order chi connectivity index (χ1) is 16.5. The predicted octanol–water partition coefficient (Wildman–Crippen LogP) is 2.32. The van der Waals surface area contributed by atoms with Gasteiger partial charge in [0.15, 0.2) is 0 Å². The first-order valence-electron chi connectivity index (χ1n) is 12.9. The van der Waals surface area contributed by atoms with Crippen molar-refractivity contribution in [2.75, 3.05) is 6.54 Å². The quantitative estimate of drug-likeness (QED) is 0.513. The summed E-state index contributed by atoms with van der Waals surface area (Å²) in [6.45, 7) is 5.62. The Morgan fingerprint density at radius 1 is 0.914 bits per heavy atom. The van der Waals surface area contributed by atoms with Gasteiger partial charge in [0.25, 0.3) is 5.91 Å². The van der Waals surface area contributed by atoms with Crippen LogP contribution in [0.4, 0.5) is 4.79 Å². The Morgan fingerprint density at radius 2 is 1.49 bits per heavy atom. The van der Waals surface area contributed by atoms with E-state index >= 15 is 0 Å². The second-order valence-electron chi connectivity index (χ2n) is 10.6. The third-order valence-corrected chi connectivity index (χ3v) is 6.44. The molecule has 0 unspecified atom stereocenters. The summed E-state index contributed by atoms with van der Waals surface area (Å²) in [4.78, 5) is 64.4. The van der Waals surface area contributed by atoms with Crippen LogP contribution in [0, 0.1) is 0 Å². The van der Waals surface area contributed by atoms with Gasteiger partial charge in [0, 0.05) is 6.54 Å². The van der Waals surface area contributed by atoms with Crippen LogP contribution in [0.15, 0.2) is 0 Å². The number of nitrogens with zero attached hydrogens (tertiary/aromatic N) is 1. The highest BCUT2D eigenvalue weighted by Crippen LogP contribution is 2.22. The van der Waals surface area contributed by atoms with E-state index in [0.29, 0.717) is 38.6 Å². The largest absolute Gasteiger partial charge is 0.444 e. The number of carbonyl (C=O) groups is 5. The maximum atomic E-state index is 13.5. The number of alkyl carbamates (subject to hydrolysis) is 1. The normalized spacial score (nSPS) is 25.7. The van der Waals surface area contributed by atoms with Gasteiger partial charge in [-0.05, 0) is 46.5 Å². The van der Waals surface area contributed by atoms with Crippen molar-refractivity contribution in [1.82, 2.24) is 15.5 Å². The van der Waals surface area contributed by atoms with E-state index in [4.69, 9.17) is 10.5 Å². The molecule has 2 aliphatic rings. The Kier molecular flexibility index (Phi) is 11.0. The second-order valence-corrected chi connectivity index (χ2v) is 10.6. The number of ether oxygens (including phenoxy) is 1. The van der Waals surface area contributed by atoms with Gasteiger partial charge in [-0.3, -0.25) is 19.2 Å². The Balaban J connectivity index is 2.21. The molecule has 10 nitrogen and oxygen atoms in total. The molecular weight excluding hydrogens is 452 g/mol. The lowest BCUT2D eigenvalue weighted by atomic mass is 10.0. The Labute approximate surface area is 208 Å². The average Bonchev–Trinajstić information content (AvgIpc) is 3.25. The van der Waals surface area contributed by atoms with Crippen LogP contribution >= 0.6 is 0 Å². The highest BCUT2D eigenvalue weighted by Gasteiger charge is 2.39. The summed E-state index contributed by atoms with van der Waals surface area (Å²) in [5.41, 5.74) is 4.50. The van der Waals surface area contributed by atoms with E-state index in [0.717, 1.165) is 44.9 Å². The Hall–Kier alpha value is -2.65. The molecule has 10 heteroatoms. The Bertz CT molecular complexity index is 778. The summed E-state index contributed by atoms with van der Waals surface area (Å²) in [6.07, 6.45) is 8.62. The topological polar surface area (TPSA) is 148 Å². The van der Waals surface area contributed by atoms with Crippen molar-refractivity contribution in [3.63, 3.8) is 0 Å². The molecule has 198 valence electrons. The van der Waals surface area contributed by atoms with E-state index in [9.17, 15) is 24.0 Å². The van der Waals surface area contributed by atoms with Gasteiger partial charge in [-0.15, -0.1) is 0 Å². The van der Waals surface area contributed by atoms with Gasteiger partial charge in [-0.1, -0.05) is 51.4 Å². The van der Waals surface area contributed by atoms with Gasteiger partial charge in [-0.25, -0.2) is 4.79 Å². The van der Waals surface area contributed by atoms with E-state index in [1.807, 2.05) is 0 Å². The first kappa shape index (κ1) is 28.6. The van der Waals surface area contributed by atoms with Crippen LogP contribution in [-0.4, -0.2) is 64.8 Å². The molecule has 4 amide bonds. The van der Waals surface area contributed by atoms with Gasteiger partial charge in [0.1, 0.15) is 17.7 Å². The first-order valence-corrected chi connectivity index (χ1v) is 12.9. The third kappa shape index (κ3) is 9.49. The lowest BCUT2D eigenvalue weighted by Crippen LogP contribution is -2.56. The van der Waals surface area contributed by atoms with E-state index in [2.05, 4.69) is 10.6 Å². The second kappa shape index (κ2) is 13.4. The minimum atomic E-state index is -1.08. The molecule has 35 heavy (non-hydrogen) atoms. The minimum Gasteiger partial charge on any atom is -0.444 e. The number of fused-ring (bicyclic) bond motifs is 1. The number of primary amides is 1. The number of ketones is 1. The molecule has 2 saturated heterocycles. The van der Waals surface area contributed by atoms with Crippen LogP contribution in [0.3, 0.4) is 0 Å². The zero-order valence-electron chi connectivity index (χ0n) is 21.4. The van der Waals surface area contributed by atoms with E-state index in [1.54, 1.807) is 20.8 Å². The number of amides is 4. The van der Waals surface area contributed by atoms with Crippen LogP contribution in [0.5, 0.6) is 0 Å². The molecule has 2 heterocycles. The number of hydrogen-bond donors (Lipinski definition) is 3. The summed E-state index contributed by atoms with van der Waals surface area (Å²) in [6, 6.07) is -2.58. The van der Waals surface area contributed by atoms with Crippen molar-refractivity contribution in [3.8, 4) is 0 Å². The molecule has 0 spiro atoms. The summed E-state index contributed by atoms with van der Waals surface area (Å²) in [7, 11) is 0. The van der Waals surface area contributed by atoms with Gasteiger partial charge in [-0.2, -0.15) is 0 Å². The minimum absolute atomic E-state index is 0.330. The van der Waals surface area contributed by atoms with Gasteiger partial charge >= 0.3 is 6.09 Å². The van der Waals surface area contributed by atoms with Crippen molar-refractivity contribution in [1.29, 1.82) is 0 Å². The number of nitrogens with one attached hydrogen (secondary N) is 2. The molecule has 2 aliphatic heterocycles. The van der Waals surface area contributed by atoms with Crippen molar-refractivity contribution < 1.29 is 28.7 Å². The molecule has 2 fully saturated rings. The van der Waals surface area contributed by atoms with E-state index in [1.165, 1.54) is 4.90 Å². The Morgan fingerprint density at radius 3 is 2.06 bits per heavy atom. The van der Waals surface area contributed by atoms with Crippen LogP contribution in [0.2, 0.25) is 0 Å². The smallest absolute Gasteiger partial charge is 0.408 e. The van der Waals surface area contributed by atoms with Crippen molar-refractivity contribution in [3.05, 3.63) is 0 Å². The third-order valence-electron chi connectivity index (χ3n) is 6.44. The predicted molar refractivity (Wildman–Crippen MR) is 130 cm³/mol. The van der Waals surface area contributed by atoms with Gasteiger partial charge < -0.3 is 26.0 Å². The fourth-order valence-corrected chi connectivity index (χ4v) is 4.68. The highest BCUT2D eigenvalue weighted by atomic mass is 16.6. The van der Waals surface area contributed by atoms with Crippen molar-refractivity contribution >= 4 is 29.6 Å². The number of nitrogens with two attached hydrogens (primary N) is 1. The highest BCUT2D eigenvalue weighted by molar-refractivity contribution is 6.37. The summed E-state index contributed by atoms with van der Waals surface area (Å²) < 4.78 is 5.36. The summed E-state index contributed by atoms with van der Waals surface area (Å²) in [5.74, 6) is -2.72. The zero-order valence-corrected chi connectivity index (χ0v) is 21.4. The number of carbonyl (C=O) groups excluding carboxylic acids is 5. The molecule has 4 N–H and O–H groups in total. The lowest BCUT2D eigenvalue weighted by Gasteiger charge is -2.30. The van der Waals surface area contributed by atoms with Crippen LogP contribution in [-0.2, 0) is 23.9 Å². The molecule has 2 rings (SSSR count). The molecule has 0 radical (unpaired) electrons. The fraction of sp³-hybridized carbons (Fsp3) is 0.800. The standard InChI is InChI=1S/C25H42N4O6/c1-25(2,3)35-24(34)28-18-14-11-9-7-5-4-6-8-10-13-17(20(30)21(26)31)27-22(32)19-15-12-16-29(19)23(18)33/h17-19H,4-16H2,1-3H3,(H2,26,31)(H,27,32)(H,28,34)/t17-,18-,19-/m0/s1. The maximum Gasteiger partial charge on any atom is 0.408 e. The number of hydrogen-bond acceptors (Lipinski definition) is 6. The SMILES string of the molecule is CC(C)(C)OC(=O)N[C@H]1CCCCCCCCCC[C@@H](C(=O)C(N)=O)NC(=O)[C@@H]2CCCN2C1=O. The van der Waals surface area contributed by atoms with Gasteiger partial charge in [0.2, 0.25) is 17.6 Å². The van der Waals surface area contributed by atoms with Crippen LogP contribution < -0.4 is 16.4 Å². The van der Waals surface area contributed by atoms with Crippen LogP contribution in [0.1, 0.15) is 97.8 Å². The number of rotatable bonds is 3. The zero-order chi connectivity index (χ0) is 26.0. The summed E-state index contributed by atoms with van der Waals surface area (Å²) >= 11 is 0. The fourth-order valence-electron chi connectivity index (χ4n) is 4.68. The molecule has 0 saturated carbocycles. The maximum absolute atomic E-state index is 13.5. The molecular formula is C25H42N4O6.